The van der Waals surface area contributed by atoms with E-state index in [1.165, 1.54) is 6.07 Å². The maximum Gasteiger partial charge on any atom is 0.167 e. The number of halogens is 2. The normalized spacial score (nSPS) is 12.5. The summed E-state index contributed by atoms with van der Waals surface area (Å²) in [6.07, 6.45) is 0.694. The van der Waals surface area contributed by atoms with Crippen LogP contribution in [0.2, 0.25) is 5.02 Å². The number of aldehydes is 1. The summed E-state index contributed by atoms with van der Waals surface area (Å²) in [4.78, 5) is 14.5. The van der Waals surface area contributed by atoms with Crippen molar-refractivity contribution in [2.75, 3.05) is 7.11 Å². The highest BCUT2D eigenvalue weighted by molar-refractivity contribution is 7.69. The third-order valence-electron chi connectivity index (χ3n) is 3.80. The van der Waals surface area contributed by atoms with Gasteiger partial charge in [0.15, 0.2) is 12.1 Å². The van der Waals surface area contributed by atoms with Gasteiger partial charge in [0.2, 0.25) is 0 Å². The largest absolute Gasteiger partial charge is 0.353 e. The first-order valence-corrected chi connectivity index (χ1v) is 8.97. The summed E-state index contributed by atoms with van der Waals surface area (Å²) in [5.41, 5.74) is 3.02. The summed E-state index contributed by atoms with van der Waals surface area (Å²) in [6.45, 7) is 3.99. The lowest BCUT2D eigenvalue weighted by molar-refractivity contribution is 0.112. The van der Waals surface area contributed by atoms with Crippen molar-refractivity contribution in [2.45, 2.75) is 13.8 Å². The number of carbonyl (C=O) groups is 1. The van der Waals surface area contributed by atoms with Gasteiger partial charge in [-0.05, 0) is 38.1 Å². The molecule has 124 valence electrons. The smallest absolute Gasteiger partial charge is 0.167 e. The number of aryl methyl sites for hydroxylation is 2. The molecule has 0 aliphatic rings. The first-order valence-electron chi connectivity index (χ1n) is 7.33. The SMILES string of the molecule is COP(c1cc(C)cc(C)c1)c1c(C=O)[nH]c2ccc(Cl)c(F)c12. The molecule has 1 atom stereocenters. The highest BCUT2D eigenvalue weighted by atomic mass is 35.5. The molecule has 0 radical (unpaired) electrons. The number of nitrogens with one attached hydrogen (secondary N) is 1. The lowest BCUT2D eigenvalue weighted by atomic mass is 10.2. The summed E-state index contributed by atoms with van der Waals surface area (Å²) in [7, 11) is 0.209. The summed E-state index contributed by atoms with van der Waals surface area (Å²) in [6, 6.07) is 9.19. The molecule has 1 unspecified atom stereocenters. The minimum Gasteiger partial charge on any atom is -0.353 e. The average molecular weight is 364 g/mol. The van der Waals surface area contributed by atoms with Gasteiger partial charge in [0.05, 0.1) is 18.9 Å². The highest BCUT2D eigenvalue weighted by Gasteiger charge is 2.26. The Morgan fingerprint density at radius 1 is 1.21 bits per heavy atom. The van der Waals surface area contributed by atoms with E-state index < -0.39 is 14.0 Å². The molecule has 1 N–H and O–H groups in total. The van der Waals surface area contributed by atoms with Crippen LogP contribution in [0.4, 0.5) is 4.39 Å². The van der Waals surface area contributed by atoms with E-state index in [1.54, 1.807) is 13.2 Å². The van der Waals surface area contributed by atoms with Crippen molar-refractivity contribution < 1.29 is 13.7 Å². The molecule has 3 rings (SSSR count). The fourth-order valence-electron chi connectivity index (χ4n) is 2.92. The molecule has 2 aromatic carbocycles. The van der Waals surface area contributed by atoms with Gasteiger partial charge < -0.3 is 9.51 Å². The van der Waals surface area contributed by atoms with E-state index in [1.807, 2.05) is 26.0 Å². The zero-order valence-electron chi connectivity index (χ0n) is 13.5. The molecule has 0 saturated carbocycles. The van der Waals surface area contributed by atoms with Crippen LogP contribution in [0.25, 0.3) is 10.9 Å². The van der Waals surface area contributed by atoms with Gasteiger partial charge in [-0.1, -0.05) is 28.8 Å². The Morgan fingerprint density at radius 3 is 2.46 bits per heavy atom. The van der Waals surface area contributed by atoms with Gasteiger partial charge in [-0.25, -0.2) is 4.39 Å². The minimum atomic E-state index is -1.36. The molecular weight excluding hydrogens is 348 g/mol. The van der Waals surface area contributed by atoms with Crippen LogP contribution in [-0.2, 0) is 4.52 Å². The van der Waals surface area contributed by atoms with Crippen molar-refractivity contribution >= 4 is 47.5 Å². The molecule has 1 aromatic heterocycles. The monoisotopic (exact) mass is 363 g/mol. The van der Waals surface area contributed by atoms with Crippen molar-refractivity contribution in [2.24, 2.45) is 0 Å². The van der Waals surface area contributed by atoms with E-state index in [0.29, 0.717) is 28.2 Å². The molecule has 0 aliphatic carbocycles. The second-order valence-electron chi connectivity index (χ2n) is 5.61. The molecule has 24 heavy (non-hydrogen) atoms. The molecular formula is C18H16ClFNO2P. The lowest BCUT2D eigenvalue weighted by Gasteiger charge is -2.17. The number of hydrogen-bond acceptors (Lipinski definition) is 2. The number of carbonyl (C=O) groups excluding carboxylic acids is 1. The minimum absolute atomic E-state index is 0.0201. The number of benzene rings is 2. The van der Waals surface area contributed by atoms with E-state index in [9.17, 15) is 9.18 Å². The fraction of sp³-hybridized carbons (Fsp3) is 0.167. The molecule has 0 spiro atoms. The second kappa shape index (κ2) is 6.64. The molecule has 0 aliphatic heterocycles. The van der Waals surface area contributed by atoms with Gasteiger partial charge in [0.1, 0.15) is 0 Å². The molecule has 0 amide bonds. The van der Waals surface area contributed by atoms with Crippen molar-refractivity contribution in [3.8, 4) is 0 Å². The molecule has 0 bridgehead atoms. The van der Waals surface area contributed by atoms with Crippen LogP contribution >= 0.6 is 19.7 Å². The zero-order chi connectivity index (χ0) is 17.4. The van der Waals surface area contributed by atoms with E-state index in [2.05, 4.69) is 11.1 Å². The van der Waals surface area contributed by atoms with Crippen LogP contribution in [0, 0.1) is 19.7 Å². The molecule has 3 aromatic rings. The topological polar surface area (TPSA) is 42.1 Å². The number of aromatic amines is 1. The number of H-pyrrole nitrogens is 1. The van der Waals surface area contributed by atoms with Gasteiger partial charge in [-0.15, -0.1) is 0 Å². The number of hydrogen-bond donors (Lipinski definition) is 1. The molecule has 0 saturated heterocycles. The standard InChI is InChI=1S/C18H16ClFNO2P/c1-10-6-11(2)8-12(7-10)24(23-3)18-15(9-22)21-14-5-4-13(19)17(20)16(14)18/h4-9,21H,1-3H3. The van der Waals surface area contributed by atoms with E-state index in [0.717, 1.165) is 16.4 Å². The van der Waals surface area contributed by atoms with E-state index >= 15 is 0 Å². The Balaban J connectivity index is 2.33. The van der Waals surface area contributed by atoms with Gasteiger partial charge in [-0.2, -0.15) is 0 Å². The van der Waals surface area contributed by atoms with E-state index in [4.69, 9.17) is 16.1 Å². The lowest BCUT2D eigenvalue weighted by Crippen LogP contribution is -2.17. The Hall–Kier alpha value is -1.74. The maximum atomic E-state index is 14.7. The van der Waals surface area contributed by atoms with E-state index in [-0.39, 0.29) is 5.02 Å². The third-order valence-corrected chi connectivity index (χ3v) is 6.06. The van der Waals surface area contributed by atoms with Crippen LogP contribution in [0.15, 0.2) is 30.3 Å². The Morgan fingerprint density at radius 2 is 1.88 bits per heavy atom. The number of rotatable bonds is 4. The van der Waals surface area contributed by atoms with Crippen molar-refractivity contribution in [1.29, 1.82) is 0 Å². The third kappa shape index (κ3) is 2.86. The summed E-state index contributed by atoms with van der Waals surface area (Å²) in [5.74, 6) is -0.539. The van der Waals surface area contributed by atoms with Crippen LogP contribution in [0.5, 0.6) is 0 Å². The van der Waals surface area contributed by atoms with Crippen molar-refractivity contribution in [3.05, 3.63) is 58.0 Å². The number of fused-ring (bicyclic) bond motifs is 1. The van der Waals surface area contributed by atoms with Crippen molar-refractivity contribution in [3.63, 3.8) is 0 Å². The predicted octanol–water partition coefficient (Wildman–Crippen LogP) is 4.38. The highest BCUT2D eigenvalue weighted by Crippen LogP contribution is 2.40. The zero-order valence-corrected chi connectivity index (χ0v) is 15.1. The van der Waals surface area contributed by atoms with Crippen LogP contribution in [0.1, 0.15) is 21.6 Å². The first-order chi connectivity index (χ1) is 11.5. The summed E-state index contributed by atoms with van der Waals surface area (Å²) < 4.78 is 20.4. The van der Waals surface area contributed by atoms with Gasteiger partial charge >= 0.3 is 0 Å². The summed E-state index contributed by atoms with van der Waals surface area (Å²) >= 11 is 5.95. The quantitative estimate of drug-likeness (QED) is 0.552. The van der Waals surface area contributed by atoms with Gasteiger partial charge in [0.25, 0.3) is 0 Å². The Kier molecular flexibility index (Phi) is 4.73. The van der Waals surface area contributed by atoms with Crippen LogP contribution < -0.4 is 10.6 Å². The van der Waals surface area contributed by atoms with Gasteiger partial charge in [0, 0.05) is 28.6 Å². The molecule has 1 heterocycles. The molecule has 0 fully saturated rings. The van der Waals surface area contributed by atoms with Crippen molar-refractivity contribution in [1.82, 2.24) is 4.98 Å². The van der Waals surface area contributed by atoms with Crippen LogP contribution in [0.3, 0.4) is 0 Å². The second-order valence-corrected chi connectivity index (χ2v) is 7.94. The average Bonchev–Trinajstić information content (AvgIpc) is 2.90. The Bertz CT molecular complexity index is 918. The molecule has 3 nitrogen and oxygen atoms in total. The summed E-state index contributed by atoms with van der Waals surface area (Å²) in [5, 5.41) is 1.79. The number of aromatic nitrogens is 1. The van der Waals surface area contributed by atoms with Gasteiger partial charge in [-0.3, -0.25) is 4.79 Å². The first kappa shape index (κ1) is 17.1. The maximum absolute atomic E-state index is 14.7. The fourth-order valence-corrected chi connectivity index (χ4v) is 5.12. The molecule has 6 heteroatoms. The predicted molar refractivity (Wildman–Crippen MR) is 97.8 cm³/mol. The van der Waals surface area contributed by atoms with Crippen LogP contribution in [-0.4, -0.2) is 18.4 Å². The Labute approximate surface area is 145 Å².